The van der Waals surface area contributed by atoms with Crippen molar-refractivity contribution in [1.29, 1.82) is 0 Å². The molecule has 0 saturated heterocycles. The highest BCUT2D eigenvalue weighted by atomic mass is 79.9. The van der Waals surface area contributed by atoms with Crippen molar-refractivity contribution in [2.45, 2.75) is 0 Å². The molecule has 0 heterocycles. The molecule has 0 aliphatic rings. The van der Waals surface area contributed by atoms with Crippen molar-refractivity contribution < 1.29 is 4.79 Å². The molecule has 0 radical (unpaired) electrons. The topological polar surface area (TPSA) is 17.1 Å². The summed E-state index contributed by atoms with van der Waals surface area (Å²) in [4.78, 5) is 12.7. The van der Waals surface area contributed by atoms with E-state index in [1.165, 1.54) is 0 Å². The van der Waals surface area contributed by atoms with Crippen LogP contribution in [-0.2, 0) is 0 Å². The van der Waals surface area contributed by atoms with Crippen LogP contribution >= 0.6 is 27.5 Å². The van der Waals surface area contributed by atoms with E-state index in [1.54, 1.807) is 18.2 Å². The van der Waals surface area contributed by atoms with E-state index < -0.39 is 0 Å². The van der Waals surface area contributed by atoms with Gasteiger partial charge < -0.3 is 0 Å². The first-order chi connectivity index (χ1) is 9.65. The van der Waals surface area contributed by atoms with Crippen LogP contribution in [0.1, 0.15) is 15.9 Å². The van der Waals surface area contributed by atoms with E-state index >= 15 is 0 Å². The zero-order valence-corrected chi connectivity index (χ0v) is 12.8. The lowest BCUT2D eigenvalue weighted by molar-refractivity contribution is 0.104. The third-order valence-corrected chi connectivity index (χ3v) is 3.84. The van der Waals surface area contributed by atoms with Gasteiger partial charge in [0.05, 0.1) is 0 Å². The molecule has 3 aromatic rings. The SMILES string of the molecule is O=C(c1cc(Cl)cc(Br)c1)c1cccc2ccccc12. The number of hydrogen-bond donors (Lipinski definition) is 0. The Morgan fingerprint density at radius 3 is 2.50 bits per heavy atom. The molecule has 3 heteroatoms. The maximum absolute atomic E-state index is 12.7. The van der Waals surface area contributed by atoms with E-state index in [9.17, 15) is 4.79 Å². The van der Waals surface area contributed by atoms with E-state index in [4.69, 9.17) is 11.6 Å². The van der Waals surface area contributed by atoms with Crippen LogP contribution in [0, 0.1) is 0 Å². The maximum Gasteiger partial charge on any atom is 0.193 e. The number of carbonyl (C=O) groups is 1. The van der Waals surface area contributed by atoms with Crippen LogP contribution in [0.2, 0.25) is 5.02 Å². The second-order valence-electron chi connectivity index (χ2n) is 4.51. The highest BCUT2D eigenvalue weighted by Crippen LogP contribution is 2.25. The molecular weight excluding hydrogens is 336 g/mol. The van der Waals surface area contributed by atoms with Crippen molar-refractivity contribution in [3.05, 3.63) is 81.3 Å². The van der Waals surface area contributed by atoms with E-state index in [0.717, 1.165) is 15.2 Å². The van der Waals surface area contributed by atoms with Gasteiger partial charge in [-0.25, -0.2) is 0 Å². The summed E-state index contributed by atoms with van der Waals surface area (Å²) >= 11 is 9.38. The molecule has 20 heavy (non-hydrogen) atoms. The number of hydrogen-bond acceptors (Lipinski definition) is 1. The maximum atomic E-state index is 12.7. The minimum Gasteiger partial charge on any atom is -0.289 e. The summed E-state index contributed by atoms with van der Waals surface area (Å²) in [6.07, 6.45) is 0. The molecule has 0 atom stereocenters. The van der Waals surface area contributed by atoms with Gasteiger partial charge in [-0.05, 0) is 29.0 Å². The molecule has 0 bridgehead atoms. The smallest absolute Gasteiger partial charge is 0.193 e. The van der Waals surface area contributed by atoms with Gasteiger partial charge in [-0.1, -0.05) is 70.0 Å². The minimum absolute atomic E-state index is 0.0231. The van der Waals surface area contributed by atoms with Crippen molar-refractivity contribution in [3.63, 3.8) is 0 Å². The standard InChI is InChI=1S/C17H10BrClO/c18-13-8-12(9-14(19)10-13)17(20)16-7-3-5-11-4-1-2-6-15(11)16/h1-10H. The third-order valence-electron chi connectivity index (χ3n) is 3.16. The second kappa shape index (κ2) is 5.39. The van der Waals surface area contributed by atoms with Crippen molar-refractivity contribution in [3.8, 4) is 0 Å². The van der Waals surface area contributed by atoms with Gasteiger partial charge in [-0.2, -0.15) is 0 Å². The second-order valence-corrected chi connectivity index (χ2v) is 5.87. The first-order valence-electron chi connectivity index (χ1n) is 6.14. The van der Waals surface area contributed by atoms with Crippen LogP contribution in [0.5, 0.6) is 0 Å². The van der Waals surface area contributed by atoms with Crippen molar-refractivity contribution >= 4 is 44.1 Å². The Morgan fingerprint density at radius 1 is 0.950 bits per heavy atom. The molecule has 0 aliphatic carbocycles. The van der Waals surface area contributed by atoms with E-state index in [-0.39, 0.29) is 5.78 Å². The predicted octanol–water partition coefficient (Wildman–Crippen LogP) is 5.49. The summed E-state index contributed by atoms with van der Waals surface area (Å²) in [7, 11) is 0. The van der Waals surface area contributed by atoms with Crippen LogP contribution in [0.25, 0.3) is 10.8 Å². The molecule has 98 valence electrons. The fourth-order valence-electron chi connectivity index (χ4n) is 2.26. The first-order valence-corrected chi connectivity index (χ1v) is 7.31. The lowest BCUT2D eigenvalue weighted by atomic mass is 9.97. The number of halogens is 2. The fraction of sp³-hybridized carbons (Fsp3) is 0. The number of rotatable bonds is 2. The molecule has 0 fully saturated rings. The van der Waals surface area contributed by atoms with Gasteiger partial charge >= 0.3 is 0 Å². The van der Waals surface area contributed by atoms with Crippen LogP contribution < -0.4 is 0 Å². The van der Waals surface area contributed by atoms with Crippen LogP contribution in [0.3, 0.4) is 0 Å². The number of fused-ring (bicyclic) bond motifs is 1. The van der Waals surface area contributed by atoms with Gasteiger partial charge in [0, 0.05) is 20.6 Å². The lowest BCUT2D eigenvalue weighted by Crippen LogP contribution is -2.02. The van der Waals surface area contributed by atoms with Crippen LogP contribution in [0.15, 0.2) is 65.1 Å². The van der Waals surface area contributed by atoms with Gasteiger partial charge in [-0.3, -0.25) is 4.79 Å². The average molecular weight is 346 g/mol. The Kier molecular flexibility index (Phi) is 3.60. The summed E-state index contributed by atoms with van der Waals surface area (Å²) in [5.74, 6) is -0.0231. The molecule has 3 rings (SSSR count). The zero-order chi connectivity index (χ0) is 14.1. The average Bonchev–Trinajstić information content (AvgIpc) is 2.45. The first kappa shape index (κ1) is 13.3. The fourth-order valence-corrected chi connectivity index (χ4v) is 3.12. The third kappa shape index (κ3) is 2.49. The molecule has 0 unspecified atom stereocenters. The summed E-state index contributed by atoms with van der Waals surface area (Å²) < 4.78 is 0.800. The summed E-state index contributed by atoms with van der Waals surface area (Å²) in [5, 5.41) is 2.55. The van der Waals surface area contributed by atoms with Gasteiger partial charge in [0.15, 0.2) is 5.78 Å². The zero-order valence-electron chi connectivity index (χ0n) is 10.4. The molecule has 0 saturated carbocycles. The van der Waals surface area contributed by atoms with Gasteiger partial charge in [0.1, 0.15) is 0 Å². The highest BCUT2D eigenvalue weighted by molar-refractivity contribution is 9.10. The molecule has 0 aromatic heterocycles. The van der Waals surface area contributed by atoms with Crippen LogP contribution in [0.4, 0.5) is 0 Å². The van der Waals surface area contributed by atoms with E-state index in [1.807, 2.05) is 42.5 Å². The largest absolute Gasteiger partial charge is 0.289 e. The Balaban J connectivity index is 2.17. The van der Waals surface area contributed by atoms with Gasteiger partial charge in [-0.15, -0.1) is 0 Å². The Labute approximate surface area is 130 Å². The van der Waals surface area contributed by atoms with E-state index in [2.05, 4.69) is 15.9 Å². The number of ketones is 1. The Morgan fingerprint density at radius 2 is 1.70 bits per heavy atom. The van der Waals surface area contributed by atoms with Crippen molar-refractivity contribution in [2.75, 3.05) is 0 Å². The molecule has 0 N–H and O–H groups in total. The Bertz CT molecular complexity index is 785. The predicted molar refractivity (Wildman–Crippen MR) is 86.5 cm³/mol. The summed E-state index contributed by atoms with van der Waals surface area (Å²) in [6.45, 7) is 0. The summed E-state index contributed by atoms with van der Waals surface area (Å²) in [5.41, 5.74) is 1.28. The highest BCUT2D eigenvalue weighted by Gasteiger charge is 2.13. The normalized spacial score (nSPS) is 10.7. The minimum atomic E-state index is -0.0231. The van der Waals surface area contributed by atoms with Gasteiger partial charge in [0.2, 0.25) is 0 Å². The molecule has 0 amide bonds. The van der Waals surface area contributed by atoms with Crippen molar-refractivity contribution in [2.24, 2.45) is 0 Å². The molecule has 0 spiro atoms. The van der Waals surface area contributed by atoms with E-state index in [0.29, 0.717) is 16.1 Å². The quantitative estimate of drug-likeness (QED) is 0.562. The van der Waals surface area contributed by atoms with Crippen molar-refractivity contribution in [1.82, 2.24) is 0 Å². The Hall–Kier alpha value is -1.64. The van der Waals surface area contributed by atoms with Gasteiger partial charge in [0.25, 0.3) is 0 Å². The molecular formula is C17H10BrClO. The monoisotopic (exact) mass is 344 g/mol. The number of benzene rings is 3. The number of carbonyl (C=O) groups excluding carboxylic acids is 1. The lowest BCUT2D eigenvalue weighted by Gasteiger charge is -2.07. The van der Waals surface area contributed by atoms with Crippen LogP contribution in [-0.4, -0.2) is 5.78 Å². The molecule has 3 aromatic carbocycles. The molecule has 1 nitrogen and oxygen atoms in total. The molecule has 0 aliphatic heterocycles. The summed E-state index contributed by atoms with van der Waals surface area (Å²) in [6, 6.07) is 18.9.